The van der Waals surface area contributed by atoms with Crippen LogP contribution in [0, 0.1) is 0 Å². The third-order valence-corrected chi connectivity index (χ3v) is 6.00. The molecular weight excluding hydrogens is 344 g/mol. The average Bonchev–Trinajstić information content (AvgIpc) is 2.93. The van der Waals surface area contributed by atoms with Crippen molar-refractivity contribution in [1.82, 2.24) is 14.5 Å². The second kappa shape index (κ2) is 7.39. The van der Waals surface area contributed by atoms with Gasteiger partial charge in [-0.15, -0.1) is 0 Å². The zero-order chi connectivity index (χ0) is 17.2. The molecule has 0 bridgehead atoms. The minimum Gasteiger partial charge on any atom is -0.378 e. The third kappa shape index (κ3) is 4.27. The molecule has 0 amide bonds. The molecule has 132 valence electrons. The second-order valence-corrected chi connectivity index (χ2v) is 13.3. The Morgan fingerprint density at radius 1 is 1.29 bits per heavy atom. The van der Waals surface area contributed by atoms with Crippen LogP contribution in [0.5, 0.6) is 0 Å². The summed E-state index contributed by atoms with van der Waals surface area (Å²) in [6.45, 7) is 11.4. The maximum Gasteiger partial charge on any atom is 0.165 e. The monoisotopic (exact) mass is 368 g/mol. The first-order valence-corrected chi connectivity index (χ1v) is 12.4. The van der Waals surface area contributed by atoms with E-state index in [4.69, 9.17) is 21.1 Å². The van der Waals surface area contributed by atoms with Gasteiger partial charge in [0.05, 0.1) is 25.2 Å². The molecule has 0 radical (unpaired) electrons. The van der Waals surface area contributed by atoms with Gasteiger partial charge in [0.15, 0.2) is 5.65 Å². The Kier molecular flexibility index (Phi) is 5.44. The number of hydrogen-bond acceptors (Lipinski definition) is 5. The van der Waals surface area contributed by atoms with E-state index >= 15 is 0 Å². The van der Waals surface area contributed by atoms with Crippen LogP contribution in [0.25, 0.3) is 11.2 Å². The third-order valence-electron chi connectivity index (χ3n) is 4.10. The van der Waals surface area contributed by atoms with E-state index < -0.39 is 8.07 Å². The van der Waals surface area contributed by atoms with E-state index in [1.165, 1.54) is 0 Å². The molecule has 3 rings (SSSR count). The lowest BCUT2D eigenvalue weighted by atomic mass is 10.3. The molecular formula is C16H25ClN4O2Si. The van der Waals surface area contributed by atoms with Gasteiger partial charge in [0.1, 0.15) is 17.4 Å². The van der Waals surface area contributed by atoms with Gasteiger partial charge in [0.25, 0.3) is 0 Å². The lowest BCUT2D eigenvalue weighted by molar-refractivity contribution is 0.0895. The molecule has 1 fully saturated rings. The average molecular weight is 369 g/mol. The van der Waals surface area contributed by atoms with Gasteiger partial charge < -0.3 is 14.4 Å². The predicted molar refractivity (Wildman–Crippen MR) is 99.7 cm³/mol. The molecule has 6 nitrogen and oxygen atoms in total. The Bertz CT molecular complexity index is 695. The summed E-state index contributed by atoms with van der Waals surface area (Å²) in [6, 6.07) is 3.03. The molecule has 0 aliphatic carbocycles. The maximum atomic E-state index is 6.25. The highest BCUT2D eigenvalue weighted by molar-refractivity contribution is 6.76. The van der Waals surface area contributed by atoms with Crippen LogP contribution in [0.4, 0.5) is 5.69 Å². The van der Waals surface area contributed by atoms with Crippen LogP contribution in [-0.4, -0.2) is 55.5 Å². The molecule has 3 heterocycles. The first kappa shape index (κ1) is 17.7. The molecule has 1 aliphatic heterocycles. The number of halogens is 1. The first-order valence-electron chi connectivity index (χ1n) is 8.36. The number of pyridine rings is 1. The lowest BCUT2D eigenvalue weighted by Gasteiger charge is -2.29. The van der Waals surface area contributed by atoms with E-state index in [1.807, 2.05) is 10.6 Å². The van der Waals surface area contributed by atoms with Crippen molar-refractivity contribution in [1.29, 1.82) is 0 Å². The molecule has 0 unspecified atom stereocenters. The van der Waals surface area contributed by atoms with Crippen LogP contribution in [0.15, 0.2) is 12.4 Å². The fourth-order valence-electron chi connectivity index (χ4n) is 2.67. The van der Waals surface area contributed by atoms with Crippen LogP contribution < -0.4 is 4.90 Å². The SMILES string of the molecule is C[Si](C)(C)CCOCn1cnc2c(N3CCOCC3)cc(Cl)nc21. The van der Waals surface area contributed by atoms with Crippen molar-refractivity contribution in [2.75, 3.05) is 37.8 Å². The van der Waals surface area contributed by atoms with Gasteiger partial charge in [0.2, 0.25) is 0 Å². The molecule has 2 aromatic rings. The van der Waals surface area contributed by atoms with Gasteiger partial charge in [-0.1, -0.05) is 31.2 Å². The van der Waals surface area contributed by atoms with E-state index in [-0.39, 0.29) is 0 Å². The minimum atomic E-state index is -1.08. The summed E-state index contributed by atoms with van der Waals surface area (Å²) in [7, 11) is -1.08. The Balaban J connectivity index is 1.77. The van der Waals surface area contributed by atoms with Crippen LogP contribution >= 0.6 is 11.6 Å². The van der Waals surface area contributed by atoms with Gasteiger partial charge in [-0.2, -0.15) is 0 Å². The number of ether oxygens (including phenoxy) is 2. The molecule has 8 heteroatoms. The molecule has 1 aliphatic rings. The van der Waals surface area contributed by atoms with E-state index in [0.717, 1.165) is 55.8 Å². The number of fused-ring (bicyclic) bond motifs is 1. The summed E-state index contributed by atoms with van der Waals surface area (Å²) < 4.78 is 13.2. The van der Waals surface area contributed by atoms with Crippen molar-refractivity contribution in [3.8, 4) is 0 Å². The fraction of sp³-hybridized carbons (Fsp3) is 0.625. The number of anilines is 1. The molecule has 0 N–H and O–H groups in total. The van der Waals surface area contributed by atoms with Crippen molar-refractivity contribution in [3.05, 3.63) is 17.5 Å². The van der Waals surface area contributed by atoms with Gasteiger partial charge in [0, 0.05) is 33.8 Å². The van der Waals surface area contributed by atoms with Crippen LogP contribution in [0.1, 0.15) is 0 Å². The number of aromatic nitrogens is 3. The molecule has 1 saturated heterocycles. The largest absolute Gasteiger partial charge is 0.378 e. The Morgan fingerprint density at radius 2 is 2.04 bits per heavy atom. The summed E-state index contributed by atoms with van der Waals surface area (Å²) in [4.78, 5) is 11.3. The minimum absolute atomic E-state index is 0.455. The quantitative estimate of drug-likeness (QED) is 0.445. The van der Waals surface area contributed by atoms with Crippen LogP contribution in [0.2, 0.25) is 30.8 Å². The number of hydrogen-bond donors (Lipinski definition) is 0. The van der Waals surface area contributed by atoms with Crippen LogP contribution in [-0.2, 0) is 16.2 Å². The highest BCUT2D eigenvalue weighted by Crippen LogP contribution is 2.28. The number of imidazole rings is 1. The van der Waals surface area contributed by atoms with Gasteiger partial charge in [-0.05, 0) is 6.04 Å². The summed E-state index contributed by atoms with van der Waals surface area (Å²) in [5.74, 6) is 0. The Morgan fingerprint density at radius 3 is 2.75 bits per heavy atom. The van der Waals surface area contributed by atoms with Crippen LogP contribution in [0.3, 0.4) is 0 Å². The fourth-order valence-corrected chi connectivity index (χ4v) is 3.61. The first-order chi connectivity index (χ1) is 11.4. The highest BCUT2D eigenvalue weighted by Gasteiger charge is 2.19. The van der Waals surface area contributed by atoms with E-state index in [1.54, 1.807) is 6.33 Å². The summed E-state index contributed by atoms with van der Waals surface area (Å²) in [5, 5.41) is 0.479. The summed E-state index contributed by atoms with van der Waals surface area (Å²) >= 11 is 6.25. The smallest absolute Gasteiger partial charge is 0.165 e. The number of nitrogens with zero attached hydrogens (tertiary/aromatic N) is 4. The summed E-state index contributed by atoms with van der Waals surface area (Å²) in [5.41, 5.74) is 2.67. The predicted octanol–water partition coefficient (Wildman–Crippen LogP) is 3.23. The van der Waals surface area contributed by atoms with Crippen molar-refractivity contribution in [2.45, 2.75) is 32.4 Å². The molecule has 0 aromatic carbocycles. The Hall–Kier alpha value is -1.15. The zero-order valence-corrected chi connectivity index (χ0v) is 16.3. The standard InChI is InChI=1S/C16H25ClN4O2Si/c1-24(2,3)9-8-23-12-21-11-18-15-13(10-14(17)19-16(15)21)20-4-6-22-7-5-20/h10-11H,4-9,12H2,1-3H3. The molecule has 24 heavy (non-hydrogen) atoms. The van der Waals surface area contributed by atoms with Gasteiger partial charge in [-0.3, -0.25) is 4.57 Å². The van der Waals surface area contributed by atoms with Crippen molar-refractivity contribution >= 4 is 36.5 Å². The van der Waals surface area contributed by atoms with E-state index in [0.29, 0.717) is 11.9 Å². The zero-order valence-electron chi connectivity index (χ0n) is 14.6. The van der Waals surface area contributed by atoms with Crippen molar-refractivity contribution in [3.63, 3.8) is 0 Å². The van der Waals surface area contributed by atoms with Crippen molar-refractivity contribution < 1.29 is 9.47 Å². The van der Waals surface area contributed by atoms with Gasteiger partial charge in [-0.25, -0.2) is 9.97 Å². The number of rotatable bonds is 6. The molecule has 2 aromatic heterocycles. The second-order valence-electron chi connectivity index (χ2n) is 7.30. The maximum absolute atomic E-state index is 6.25. The Labute approximate surface area is 148 Å². The topological polar surface area (TPSA) is 52.4 Å². The van der Waals surface area contributed by atoms with E-state index in [2.05, 4.69) is 34.5 Å². The molecule has 0 spiro atoms. The highest BCUT2D eigenvalue weighted by atomic mass is 35.5. The lowest BCUT2D eigenvalue weighted by Crippen LogP contribution is -2.36. The molecule has 0 saturated carbocycles. The number of morpholine rings is 1. The van der Waals surface area contributed by atoms with E-state index in [9.17, 15) is 0 Å². The molecule has 0 atom stereocenters. The normalized spacial score (nSPS) is 16.1. The summed E-state index contributed by atoms with van der Waals surface area (Å²) in [6.07, 6.45) is 1.78. The van der Waals surface area contributed by atoms with Crippen molar-refractivity contribution in [2.24, 2.45) is 0 Å². The van der Waals surface area contributed by atoms with Gasteiger partial charge >= 0.3 is 0 Å².